The number of hydrogen-bond donors (Lipinski definition) is 0. The Morgan fingerprint density at radius 1 is 0.522 bits per heavy atom. The summed E-state index contributed by atoms with van der Waals surface area (Å²) in [4.78, 5) is 53.6. The lowest BCUT2D eigenvalue weighted by atomic mass is 9.93. The van der Waals surface area contributed by atoms with Crippen LogP contribution in [0.1, 0.15) is 125 Å². The van der Waals surface area contributed by atoms with Gasteiger partial charge in [-0.2, -0.15) is 0 Å². The minimum Gasteiger partial charge on any atom is -0.455 e. The second kappa shape index (κ2) is 15.1. The van der Waals surface area contributed by atoms with Crippen molar-refractivity contribution in [1.29, 1.82) is 0 Å². The fourth-order valence-corrected chi connectivity index (χ4v) is 10.9. The summed E-state index contributed by atoms with van der Waals surface area (Å²) in [6, 6.07) is 0. The first-order valence-corrected chi connectivity index (χ1v) is 18.8. The van der Waals surface area contributed by atoms with Gasteiger partial charge in [0.25, 0.3) is 0 Å². The smallest absolute Gasteiger partial charge is 0.313 e. The van der Waals surface area contributed by atoms with Gasteiger partial charge < -0.3 is 28.1 Å². The summed E-state index contributed by atoms with van der Waals surface area (Å²) in [6.45, 7) is 33.1. The second-order valence-corrected chi connectivity index (χ2v) is 23.1. The van der Waals surface area contributed by atoms with Gasteiger partial charge in [-0.15, -0.1) is 0 Å². The molecule has 0 aromatic heterocycles. The SMILES string of the molecule is CC(C)[Si](OCC1O[C@@H](OC(=O)C(C)(C)C)C(OC(=O)C(C)(C)C)[C@H](OC(=O)C(C)(C)C)[C@@H]1OC(=O)C(C)(C)C)(C(C)C)C(C)C. The number of hydrogen-bond acceptors (Lipinski definition) is 10. The van der Waals surface area contributed by atoms with Crippen molar-refractivity contribution < 1.29 is 47.3 Å². The van der Waals surface area contributed by atoms with Crippen LogP contribution in [0.5, 0.6) is 0 Å². The molecule has 0 aliphatic carbocycles. The van der Waals surface area contributed by atoms with Gasteiger partial charge in [0.15, 0.2) is 20.5 Å². The Bertz CT molecular complexity index is 1050. The number of ether oxygens (including phenoxy) is 5. The highest BCUT2D eigenvalue weighted by Gasteiger charge is 2.57. The molecular weight excluding hydrogens is 608 g/mol. The standard InChI is InChI=1S/C35H64O10Si/c1-20(2)46(21(3)4,22(5)6)40-19-23-24(42-28(36)32(7,8)9)25(43-29(37)33(10,11)12)26(44-30(38)34(13,14)15)27(41-23)45-31(39)35(16,17)18/h20-27H,19H2,1-18H3/t23?,24-,25-,26?,27+/m1/s1. The summed E-state index contributed by atoms with van der Waals surface area (Å²) in [5, 5.41) is 0. The lowest BCUT2D eigenvalue weighted by Gasteiger charge is -2.48. The van der Waals surface area contributed by atoms with Crippen molar-refractivity contribution in [2.24, 2.45) is 21.7 Å². The first-order valence-electron chi connectivity index (χ1n) is 16.6. The van der Waals surface area contributed by atoms with E-state index in [0.29, 0.717) is 0 Å². The minimum atomic E-state index is -2.48. The van der Waals surface area contributed by atoms with Gasteiger partial charge in [0.1, 0.15) is 6.10 Å². The largest absolute Gasteiger partial charge is 0.455 e. The Hall–Kier alpha value is -1.98. The maximum atomic E-state index is 13.5. The molecule has 2 unspecified atom stereocenters. The van der Waals surface area contributed by atoms with E-state index in [9.17, 15) is 19.2 Å². The highest BCUT2D eigenvalue weighted by molar-refractivity contribution is 6.77. The van der Waals surface area contributed by atoms with Gasteiger partial charge in [-0.3, -0.25) is 19.2 Å². The molecule has 0 aromatic rings. The second-order valence-electron chi connectivity index (χ2n) is 17.7. The highest BCUT2D eigenvalue weighted by atomic mass is 28.4. The molecule has 1 fully saturated rings. The molecule has 0 spiro atoms. The van der Waals surface area contributed by atoms with E-state index in [1.807, 2.05) is 0 Å². The van der Waals surface area contributed by atoms with Crippen molar-refractivity contribution >= 4 is 32.2 Å². The normalized spacial score (nSPS) is 23.4. The van der Waals surface area contributed by atoms with E-state index >= 15 is 0 Å². The molecule has 0 saturated carbocycles. The quantitative estimate of drug-likeness (QED) is 0.132. The van der Waals surface area contributed by atoms with Crippen LogP contribution in [0.25, 0.3) is 0 Å². The third-order valence-corrected chi connectivity index (χ3v) is 14.3. The summed E-state index contributed by atoms with van der Waals surface area (Å²) in [7, 11) is -2.48. The third-order valence-electron chi connectivity index (χ3n) is 8.20. The predicted molar refractivity (Wildman–Crippen MR) is 179 cm³/mol. The summed E-state index contributed by atoms with van der Waals surface area (Å²) >= 11 is 0. The fraction of sp³-hybridized carbons (Fsp3) is 0.886. The lowest BCUT2D eigenvalue weighted by Crippen LogP contribution is -2.65. The fourth-order valence-electron chi connectivity index (χ4n) is 5.42. The van der Waals surface area contributed by atoms with Crippen LogP contribution in [0.4, 0.5) is 0 Å². The maximum absolute atomic E-state index is 13.5. The third kappa shape index (κ3) is 10.5. The lowest BCUT2D eigenvalue weighted by molar-refractivity contribution is -0.305. The Labute approximate surface area is 279 Å². The zero-order valence-corrected chi connectivity index (χ0v) is 32.9. The van der Waals surface area contributed by atoms with Gasteiger partial charge >= 0.3 is 23.9 Å². The predicted octanol–water partition coefficient (Wildman–Crippen LogP) is 7.37. The Morgan fingerprint density at radius 2 is 0.826 bits per heavy atom. The van der Waals surface area contributed by atoms with E-state index in [1.165, 1.54) is 0 Å². The molecule has 46 heavy (non-hydrogen) atoms. The molecule has 10 nitrogen and oxygen atoms in total. The summed E-state index contributed by atoms with van der Waals surface area (Å²) in [5.74, 6) is -2.45. The van der Waals surface area contributed by atoms with Crippen LogP contribution in [0.3, 0.4) is 0 Å². The summed E-state index contributed by atoms with van der Waals surface area (Å²) < 4.78 is 37.4. The van der Waals surface area contributed by atoms with Crippen LogP contribution < -0.4 is 0 Å². The molecule has 0 radical (unpaired) electrons. The van der Waals surface area contributed by atoms with Crippen molar-refractivity contribution in [3.8, 4) is 0 Å². The number of rotatable bonds is 10. The Morgan fingerprint density at radius 3 is 1.15 bits per heavy atom. The summed E-state index contributed by atoms with van der Waals surface area (Å²) in [5.41, 5.74) is -3.09. The van der Waals surface area contributed by atoms with Gasteiger partial charge in [-0.1, -0.05) is 41.5 Å². The molecule has 1 aliphatic heterocycles. The molecule has 1 aliphatic rings. The molecular formula is C35H64O10Si. The monoisotopic (exact) mass is 672 g/mol. The Balaban J connectivity index is 3.98. The highest BCUT2D eigenvalue weighted by Crippen LogP contribution is 2.43. The van der Waals surface area contributed by atoms with Crippen LogP contribution in [0.2, 0.25) is 16.6 Å². The van der Waals surface area contributed by atoms with E-state index < -0.39 is 84.6 Å². The van der Waals surface area contributed by atoms with Crippen LogP contribution in [0, 0.1) is 21.7 Å². The minimum absolute atomic E-state index is 0.0318. The molecule has 1 heterocycles. The van der Waals surface area contributed by atoms with Crippen molar-refractivity contribution in [2.45, 2.75) is 172 Å². The molecule has 0 amide bonds. The van der Waals surface area contributed by atoms with Crippen LogP contribution in [-0.4, -0.2) is 69.5 Å². The molecule has 5 atom stereocenters. The molecule has 1 rings (SSSR count). The molecule has 11 heteroatoms. The topological polar surface area (TPSA) is 124 Å². The molecule has 268 valence electrons. The number of esters is 4. The van der Waals surface area contributed by atoms with Gasteiger partial charge in [0.05, 0.1) is 28.3 Å². The average molecular weight is 673 g/mol. The van der Waals surface area contributed by atoms with Crippen LogP contribution in [0.15, 0.2) is 0 Å². The first kappa shape index (κ1) is 42.0. The van der Waals surface area contributed by atoms with Gasteiger partial charge in [-0.05, 0) is 99.7 Å². The van der Waals surface area contributed by atoms with Crippen LogP contribution in [-0.2, 0) is 47.3 Å². The van der Waals surface area contributed by atoms with E-state index in [4.69, 9.17) is 28.1 Å². The molecule has 0 bridgehead atoms. The Kier molecular flexibility index (Phi) is 13.8. The molecule has 1 saturated heterocycles. The first-order chi connectivity index (χ1) is 20.5. The van der Waals surface area contributed by atoms with E-state index in [-0.39, 0.29) is 23.2 Å². The zero-order valence-electron chi connectivity index (χ0n) is 31.9. The number of carbonyl (C=O) groups is 4. The van der Waals surface area contributed by atoms with Gasteiger partial charge in [0.2, 0.25) is 12.4 Å². The van der Waals surface area contributed by atoms with Crippen molar-refractivity contribution in [2.75, 3.05) is 6.61 Å². The van der Waals surface area contributed by atoms with E-state index in [1.54, 1.807) is 83.1 Å². The number of carbonyl (C=O) groups excluding carboxylic acids is 4. The summed E-state index contributed by atoms with van der Waals surface area (Å²) in [6.07, 6.45) is -6.59. The van der Waals surface area contributed by atoms with E-state index in [0.717, 1.165) is 0 Å². The average Bonchev–Trinajstić information content (AvgIpc) is 2.84. The van der Waals surface area contributed by atoms with Gasteiger partial charge in [-0.25, -0.2) is 0 Å². The van der Waals surface area contributed by atoms with Crippen molar-refractivity contribution in [3.05, 3.63) is 0 Å². The van der Waals surface area contributed by atoms with Gasteiger partial charge in [0, 0.05) is 0 Å². The maximum Gasteiger partial charge on any atom is 0.313 e. The van der Waals surface area contributed by atoms with Crippen molar-refractivity contribution in [1.82, 2.24) is 0 Å². The van der Waals surface area contributed by atoms with Crippen LogP contribution >= 0.6 is 0 Å². The van der Waals surface area contributed by atoms with Crippen molar-refractivity contribution in [3.63, 3.8) is 0 Å². The molecule has 0 aromatic carbocycles. The molecule has 0 N–H and O–H groups in total. The van der Waals surface area contributed by atoms with E-state index in [2.05, 4.69) is 41.5 Å². The zero-order chi connectivity index (χ0) is 36.4.